The molecule has 3 atom stereocenters. The van der Waals surface area contributed by atoms with Gasteiger partial charge in [-0.1, -0.05) is 25.0 Å². The van der Waals surface area contributed by atoms with E-state index in [0.717, 1.165) is 11.1 Å². The zero-order valence-electron chi connectivity index (χ0n) is 14.5. The first-order chi connectivity index (χ1) is 10.6. The molecule has 5 nitrogen and oxygen atoms in total. The van der Waals surface area contributed by atoms with Gasteiger partial charge in [-0.3, -0.25) is 9.59 Å². The molecule has 0 radical (unpaired) electrons. The maximum absolute atomic E-state index is 12.2. The monoisotopic (exact) mass is 322 g/mol. The molecule has 1 aliphatic carbocycles. The lowest BCUT2D eigenvalue weighted by Crippen LogP contribution is -2.52. The number of hydrogen-bond acceptors (Lipinski definition) is 5. The average Bonchev–Trinajstić information content (AvgIpc) is 2.81. The molecule has 23 heavy (non-hydrogen) atoms. The zero-order chi connectivity index (χ0) is 17.4. The Morgan fingerprint density at radius 2 is 2.04 bits per heavy atom. The third kappa shape index (κ3) is 3.20. The summed E-state index contributed by atoms with van der Waals surface area (Å²) in [6, 6.07) is 0. The van der Waals surface area contributed by atoms with Crippen molar-refractivity contribution in [3.05, 3.63) is 23.3 Å². The van der Waals surface area contributed by atoms with Gasteiger partial charge < -0.3 is 14.6 Å². The molecule has 128 valence electrons. The molecule has 5 heteroatoms. The van der Waals surface area contributed by atoms with Gasteiger partial charge in [0.1, 0.15) is 6.10 Å². The second-order valence-electron chi connectivity index (χ2n) is 7.39. The molecule has 1 fully saturated rings. The van der Waals surface area contributed by atoms with Crippen LogP contribution in [-0.2, 0) is 19.1 Å². The first kappa shape index (κ1) is 17.7. The minimum atomic E-state index is -0.987. The molecule has 1 aliphatic heterocycles. The summed E-state index contributed by atoms with van der Waals surface area (Å²) in [6.45, 7) is 9.46. The highest BCUT2D eigenvalue weighted by Gasteiger charge is 2.58. The Balaban J connectivity index is 2.19. The van der Waals surface area contributed by atoms with Crippen molar-refractivity contribution in [2.45, 2.75) is 59.2 Å². The standard InChI is InChI=1S/C18H26O5/c1-11(2)12(3)8-15(20)22-14-6-7-18(10-19)13(17(14,4)5)9-16(21)23-18/h6-7,13-14,19H,8-10H2,1-5H3. The Morgan fingerprint density at radius 1 is 1.39 bits per heavy atom. The van der Waals surface area contributed by atoms with E-state index in [2.05, 4.69) is 0 Å². The molecule has 0 amide bonds. The maximum Gasteiger partial charge on any atom is 0.310 e. The van der Waals surface area contributed by atoms with Gasteiger partial charge in [0.25, 0.3) is 0 Å². The molecule has 1 N–H and O–H groups in total. The lowest BCUT2D eigenvalue weighted by Gasteiger charge is -2.46. The molecule has 3 unspecified atom stereocenters. The van der Waals surface area contributed by atoms with Gasteiger partial charge in [0.05, 0.1) is 19.4 Å². The molecule has 0 aromatic heterocycles. The number of allylic oxidation sites excluding steroid dienone is 1. The van der Waals surface area contributed by atoms with Crippen LogP contribution in [0.2, 0.25) is 0 Å². The van der Waals surface area contributed by atoms with Crippen LogP contribution in [0.1, 0.15) is 47.5 Å². The van der Waals surface area contributed by atoms with E-state index < -0.39 is 17.1 Å². The second kappa shape index (κ2) is 6.11. The van der Waals surface area contributed by atoms with E-state index in [1.165, 1.54) is 0 Å². The number of ether oxygens (including phenoxy) is 2. The van der Waals surface area contributed by atoms with E-state index in [0.29, 0.717) is 0 Å². The number of carbonyl (C=O) groups excluding carboxylic acids is 2. The number of esters is 2. The van der Waals surface area contributed by atoms with Crippen LogP contribution in [0.25, 0.3) is 0 Å². The fourth-order valence-corrected chi connectivity index (χ4v) is 3.37. The number of fused-ring (bicyclic) bond motifs is 1. The molecular weight excluding hydrogens is 296 g/mol. The van der Waals surface area contributed by atoms with Gasteiger partial charge in [-0.25, -0.2) is 0 Å². The van der Waals surface area contributed by atoms with Gasteiger partial charge in [0.2, 0.25) is 0 Å². The van der Waals surface area contributed by atoms with E-state index in [9.17, 15) is 14.7 Å². The van der Waals surface area contributed by atoms with Crippen LogP contribution in [0.5, 0.6) is 0 Å². The van der Waals surface area contributed by atoms with E-state index in [4.69, 9.17) is 9.47 Å². The quantitative estimate of drug-likeness (QED) is 0.636. The summed E-state index contributed by atoms with van der Waals surface area (Å²) in [5, 5.41) is 9.71. The van der Waals surface area contributed by atoms with Gasteiger partial charge >= 0.3 is 11.9 Å². The first-order valence-electron chi connectivity index (χ1n) is 7.97. The average molecular weight is 322 g/mol. The molecule has 1 heterocycles. The van der Waals surface area contributed by atoms with Gasteiger partial charge in [-0.2, -0.15) is 0 Å². The van der Waals surface area contributed by atoms with Crippen molar-refractivity contribution in [3.63, 3.8) is 0 Å². The van der Waals surface area contributed by atoms with Crippen molar-refractivity contribution in [3.8, 4) is 0 Å². The largest absolute Gasteiger partial charge is 0.457 e. The van der Waals surface area contributed by atoms with E-state index in [1.807, 2.05) is 34.6 Å². The number of carbonyl (C=O) groups is 2. The van der Waals surface area contributed by atoms with Crippen molar-refractivity contribution in [2.75, 3.05) is 6.61 Å². The zero-order valence-corrected chi connectivity index (χ0v) is 14.5. The van der Waals surface area contributed by atoms with Gasteiger partial charge in [0, 0.05) is 11.3 Å². The molecule has 0 aromatic rings. The minimum absolute atomic E-state index is 0.221. The number of aliphatic hydroxyl groups excluding tert-OH is 1. The van der Waals surface area contributed by atoms with Crippen LogP contribution in [0.4, 0.5) is 0 Å². The van der Waals surface area contributed by atoms with Crippen LogP contribution in [0.3, 0.4) is 0 Å². The Hall–Kier alpha value is -1.62. The predicted molar refractivity (Wildman–Crippen MR) is 85.5 cm³/mol. The third-order valence-corrected chi connectivity index (χ3v) is 5.22. The normalized spacial score (nSPS) is 31.3. The fraction of sp³-hybridized carbons (Fsp3) is 0.667. The van der Waals surface area contributed by atoms with Crippen LogP contribution in [-0.4, -0.2) is 35.4 Å². The predicted octanol–water partition coefficient (Wildman–Crippen LogP) is 2.53. The Bertz CT molecular complexity index is 568. The summed E-state index contributed by atoms with van der Waals surface area (Å²) in [5.41, 5.74) is 0.614. The topological polar surface area (TPSA) is 72.8 Å². The summed E-state index contributed by atoms with van der Waals surface area (Å²) in [7, 11) is 0. The van der Waals surface area contributed by atoms with Gasteiger partial charge in [-0.15, -0.1) is 0 Å². The first-order valence-corrected chi connectivity index (χ1v) is 7.97. The lowest BCUT2D eigenvalue weighted by molar-refractivity contribution is -0.162. The summed E-state index contributed by atoms with van der Waals surface area (Å²) < 4.78 is 11.0. The molecule has 1 saturated heterocycles. The highest BCUT2D eigenvalue weighted by molar-refractivity contribution is 5.75. The molecular formula is C18H26O5. The highest BCUT2D eigenvalue weighted by Crippen LogP contribution is 2.51. The van der Waals surface area contributed by atoms with Gasteiger partial charge in [-0.05, 0) is 32.9 Å². The maximum atomic E-state index is 12.2. The SMILES string of the molecule is CC(C)=C(C)CC(=O)OC1C=CC2(CO)OC(=O)CC2C1(C)C. The van der Waals surface area contributed by atoms with E-state index in [-0.39, 0.29) is 37.3 Å². The highest BCUT2D eigenvalue weighted by atomic mass is 16.6. The Labute approximate surface area is 137 Å². The second-order valence-corrected chi connectivity index (χ2v) is 7.39. The Morgan fingerprint density at radius 3 is 2.61 bits per heavy atom. The van der Waals surface area contributed by atoms with Crippen molar-refractivity contribution in [1.29, 1.82) is 0 Å². The molecule has 0 aromatic carbocycles. The van der Waals surface area contributed by atoms with E-state index in [1.54, 1.807) is 12.2 Å². The molecule has 0 bridgehead atoms. The van der Waals surface area contributed by atoms with Crippen LogP contribution in [0.15, 0.2) is 23.3 Å². The summed E-state index contributed by atoms with van der Waals surface area (Å²) in [6.07, 6.45) is 3.45. The van der Waals surface area contributed by atoms with Crippen LogP contribution < -0.4 is 0 Å². The molecule has 0 saturated carbocycles. The summed E-state index contributed by atoms with van der Waals surface area (Å²) >= 11 is 0. The van der Waals surface area contributed by atoms with Crippen molar-refractivity contribution >= 4 is 11.9 Å². The minimum Gasteiger partial charge on any atom is -0.457 e. The van der Waals surface area contributed by atoms with E-state index >= 15 is 0 Å². The van der Waals surface area contributed by atoms with Crippen LogP contribution >= 0.6 is 0 Å². The number of aliphatic hydroxyl groups is 1. The third-order valence-electron chi connectivity index (χ3n) is 5.22. The molecule has 0 spiro atoms. The molecule has 2 rings (SSSR count). The van der Waals surface area contributed by atoms with Crippen LogP contribution in [0, 0.1) is 11.3 Å². The summed E-state index contributed by atoms with van der Waals surface area (Å²) in [5.74, 6) is -0.831. The number of hydrogen-bond donors (Lipinski definition) is 1. The summed E-state index contributed by atoms with van der Waals surface area (Å²) in [4.78, 5) is 23.9. The Kier molecular flexibility index (Phi) is 4.71. The smallest absolute Gasteiger partial charge is 0.310 e. The van der Waals surface area contributed by atoms with Crippen molar-refractivity contribution in [1.82, 2.24) is 0 Å². The van der Waals surface area contributed by atoms with Gasteiger partial charge in [0.15, 0.2) is 5.60 Å². The van der Waals surface area contributed by atoms with Crippen molar-refractivity contribution in [2.24, 2.45) is 11.3 Å². The molecule has 2 aliphatic rings. The van der Waals surface area contributed by atoms with Crippen molar-refractivity contribution < 1.29 is 24.2 Å². The fourth-order valence-electron chi connectivity index (χ4n) is 3.37. The lowest BCUT2D eigenvalue weighted by atomic mass is 9.63. The number of rotatable bonds is 4.